The van der Waals surface area contributed by atoms with Crippen LogP contribution in [0.5, 0.6) is 0 Å². The van der Waals surface area contributed by atoms with Gasteiger partial charge in [0.2, 0.25) is 0 Å². The number of allylic oxidation sites excluding steroid dienone is 4. The standard InChI is InChI=1S/C58H112NO8P/c1-6-8-10-12-14-16-18-20-22-24-26-28-29-31-32-34-36-38-40-42-44-46-48-50-57(60)64-54-56(55-66-68(62,63)65-53-52-59(3,4)5)67-58(61)51-49-47-45-43-41-39-37-35-33-30-27-25-23-21-19-17-15-13-11-9-7-2/h19,21,25,27,56H,6-18,20,22-24,26,28-55H2,1-5H3/p+1/b21-19-,27-25-. The number of esters is 2. The summed E-state index contributed by atoms with van der Waals surface area (Å²) in [5.41, 5.74) is 0. The second-order valence-corrected chi connectivity index (χ2v) is 22.5. The Kier molecular flexibility index (Phi) is 49.3. The third-order valence-electron chi connectivity index (χ3n) is 13.0. The first-order valence-corrected chi connectivity index (χ1v) is 30.6. The lowest BCUT2D eigenvalue weighted by atomic mass is 10.0. The third-order valence-corrected chi connectivity index (χ3v) is 14.0. The number of hydrogen-bond donors (Lipinski definition) is 1. The Balaban J connectivity index is 4.14. The lowest BCUT2D eigenvalue weighted by molar-refractivity contribution is -0.870. The minimum absolute atomic E-state index is 0.0333. The molecule has 0 rings (SSSR count). The molecule has 0 saturated heterocycles. The topological polar surface area (TPSA) is 108 Å². The van der Waals surface area contributed by atoms with Gasteiger partial charge in [0.25, 0.3) is 0 Å². The first kappa shape index (κ1) is 66.5. The van der Waals surface area contributed by atoms with Crippen molar-refractivity contribution in [3.63, 3.8) is 0 Å². The number of carbonyl (C=O) groups excluding carboxylic acids is 2. The van der Waals surface area contributed by atoms with E-state index in [1.807, 2.05) is 21.1 Å². The molecule has 0 bridgehead atoms. The second kappa shape index (κ2) is 50.4. The first-order chi connectivity index (χ1) is 33.0. The van der Waals surface area contributed by atoms with Crippen molar-refractivity contribution in [2.24, 2.45) is 0 Å². The van der Waals surface area contributed by atoms with Crippen LogP contribution in [0.25, 0.3) is 0 Å². The van der Waals surface area contributed by atoms with Gasteiger partial charge in [-0.25, -0.2) is 4.57 Å². The molecule has 0 heterocycles. The van der Waals surface area contributed by atoms with Crippen LogP contribution in [0.4, 0.5) is 0 Å². The Morgan fingerprint density at radius 2 is 0.794 bits per heavy atom. The minimum Gasteiger partial charge on any atom is -0.462 e. The van der Waals surface area contributed by atoms with Crippen LogP contribution in [0, 0.1) is 0 Å². The van der Waals surface area contributed by atoms with Crippen molar-refractivity contribution in [2.75, 3.05) is 47.5 Å². The Bertz CT molecular complexity index is 1200. The van der Waals surface area contributed by atoms with E-state index >= 15 is 0 Å². The van der Waals surface area contributed by atoms with Crippen molar-refractivity contribution >= 4 is 19.8 Å². The summed E-state index contributed by atoms with van der Waals surface area (Å²) in [5, 5.41) is 0. The maximum absolute atomic E-state index is 12.8. The number of nitrogens with zero attached hydrogens (tertiary/aromatic N) is 1. The molecule has 0 saturated carbocycles. The molecule has 0 aliphatic heterocycles. The van der Waals surface area contributed by atoms with Crippen LogP contribution in [-0.4, -0.2) is 74.9 Å². The summed E-state index contributed by atoms with van der Waals surface area (Å²) < 4.78 is 34.6. The summed E-state index contributed by atoms with van der Waals surface area (Å²) in [6.45, 7) is 4.47. The van der Waals surface area contributed by atoms with Gasteiger partial charge in [0.15, 0.2) is 6.10 Å². The Hall–Kier alpha value is -1.51. The summed E-state index contributed by atoms with van der Waals surface area (Å²) in [4.78, 5) is 35.7. The third kappa shape index (κ3) is 53.8. The molecular weight excluding hydrogens is 870 g/mol. The highest BCUT2D eigenvalue weighted by atomic mass is 31.2. The van der Waals surface area contributed by atoms with Gasteiger partial charge in [-0.15, -0.1) is 0 Å². The lowest BCUT2D eigenvalue weighted by Gasteiger charge is -2.24. The number of ether oxygens (including phenoxy) is 2. The summed E-state index contributed by atoms with van der Waals surface area (Å²) in [6.07, 6.45) is 59.5. The predicted octanol–water partition coefficient (Wildman–Crippen LogP) is 17.8. The second-order valence-electron chi connectivity index (χ2n) is 21.0. The van der Waals surface area contributed by atoms with Crippen molar-refractivity contribution in [1.82, 2.24) is 0 Å². The number of phosphoric ester groups is 1. The van der Waals surface area contributed by atoms with Crippen molar-refractivity contribution in [3.8, 4) is 0 Å². The minimum atomic E-state index is -4.38. The largest absolute Gasteiger partial charge is 0.472 e. The number of carbonyl (C=O) groups is 2. The molecule has 402 valence electrons. The number of quaternary nitrogens is 1. The van der Waals surface area contributed by atoms with E-state index < -0.39 is 26.5 Å². The maximum atomic E-state index is 12.8. The van der Waals surface area contributed by atoms with Crippen molar-refractivity contribution < 1.29 is 42.1 Å². The number of phosphoric acid groups is 1. The van der Waals surface area contributed by atoms with Gasteiger partial charge in [0.1, 0.15) is 19.8 Å². The fraction of sp³-hybridized carbons (Fsp3) is 0.897. The van der Waals surface area contributed by atoms with Crippen LogP contribution in [0.15, 0.2) is 24.3 Å². The average molecular weight is 984 g/mol. The molecule has 9 nitrogen and oxygen atoms in total. The molecule has 0 aromatic heterocycles. The zero-order valence-corrected chi connectivity index (χ0v) is 46.5. The molecule has 0 aromatic rings. The predicted molar refractivity (Wildman–Crippen MR) is 289 cm³/mol. The van der Waals surface area contributed by atoms with E-state index in [0.29, 0.717) is 23.9 Å². The number of rotatable bonds is 54. The monoisotopic (exact) mass is 983 g/mol. The van der Waals surface area contributed by atoms with Crippen molar-refractivity contribution in [3.05, 3.63) is 24.3 Å². The molecule has 0 amide bonds. The zero-order valence-electron chi connectivity index (χ0n) is 45.6. The Morgan fingerprint density at radius 1 is 0.456 bits per heavy atom. The molecule has 0 spiro atoms. The summed E-state index contributed by atoms with van der Waals surface area (Å²) in [5.74, 6) is -0.786. The Morgan fingerprint density at radius 3 is 1.16 bits per heavy atom. The number of unbranched alkanes of at least 4 members (excludes halogenated alkanes) is 36. The highest BCUT2D eigenvalue weighted by molar-refractivity contribution is 7.47. The van der Waals surface area contributed by atoms with E-state index in [1.165, 1.54) is 205 Å². The van der Waals surface area contributed by atoms with Gasteiger partial charge in [0.05, 0.1) is 27.7 Å². The molecule has 68 heavy (non-hydrogen) atoms. The quantitative estimate of drug-likeness (QED) is 0.0211. The first-order valence-electron chi connectivity index (χ1n) is 29.1. The van der Waals surface area contributed by atoms with Gasteiger partial charge in [0, 0.05) is 12.8 Å². The van der Waals surface area contributed by atoms with Crippen LogP contribution >= 0.6 is 7.82 Å². The summed E-state index contributed by atoms with van der Waals surface area (Å²) >= 11 is 0. The lowest BCUT2D eigenvalue weighted by Crippen LogP contribution is -2.37. The molecule has 2 atom stereocenters. The fourth-order valence-electron chi connectivity index (χ4n) is 8.46. The van der Waals surface area contributed by atoms with E-state index in [0.717, 1.165) is 44.9 Å². The zero-order chi connectivity index (χ0) is 49.9. The van der Waals surface area contributed by atoms with Gasteiger partial charge in [-0.2, -0.15) is 0 Å². The molecule has 2 unspecified atom stereocenters. The van der Waals surface area contributed by atoms with E-state index in [9.17, 15) is 19.0 Å². The molecule has 0 aliphatic carbocycles. The van der Waals surface area contributed by atoms with Crippen LogP contribution in [0.2, 0.25) is 0 Å². The molecule has 0 aromatic carbocycles. The van der Waals surface area contributed by atoms with Gasteiger partial charge in [-0.1, -0.05) is 250 Å². The summed E-state index contributed by atoms with van der Waals surface area (Å²) in [7, 11) is 1.49. The van der Waals surface area contributed by atoms with Gasteiger partial charge in [-0.05, 0) is 44.9 Å². The number of likely N-dealkylation sites (N-methyl/N-ethyl adjacent to an activating group) is 1. The molecule has 1 N–H and O–H groups in total. The van der Waals surface area contributed by atoms with Crippen LogP contribution in [0.1, 0.15) is 284 Å². The van der Waals surface area contributed by atoms with Crippen molar-refractivity contribution in [2.45, 2.75) is 290 Å². The van der Waals surface area contributed by atoms with Crippen molar-refractivity contribution in [1.29, 1.82) is 0 Å². The Labute approximate surface area is 421 Å². The molecule has 0 fully saturated rings. The highest BCUT2D eigenvalue weighted by Crippen LogP contribution is 2.43. The highest BCUT2D eigenvalue weighted by Gasteiger charge is 2.27. The van der Waals surface area contributed by atoms with E-state index in [4.69, 9.17) is 18.5 Å². The van der Waals surface area contributed by atoms with E-state index in [-0.39, 0.29) is 25.6 Å². The van der Waals surface area contributed by atoms with Gasteiger partial charge in [-0.3, -0.25) is 18.6 Å². The van der Waals surface area contributed by atoms with Crippen LogP contribution in [0.3, 0.4) is 0 Å². The fourth-order valence-corrected chi connectivity index (χ4v) is 9.20. The summed E-state index contributed by atoms with van der Waals surface area (Å²) in [6, 6.07) is 0. The van der Waals surface area contributed by atoms with Crippen LogP contribution in [-0.2, 0) is 32.7 Å². The normalized spacial score (nSPS) is 13.4. The average Bonchev–Trinajstić information content (AvgIpc) is 3.30. The smallest absolute Gasteiger partial charge is 0.462 e. The molecule has 0 radical (unpaired) electrons. The van der Waals surface area contributed by atoms with Crippen LogP contribution < -0.4 is 0 Å². The molecule has 10 heteroatoms. The van der Waals surface area contributed by atoms with Gasteiger partial charge >= 0.3 is 19.8 Å². The molecular formula is C58H113NO8P+. The van der Waals surface area contributed by atoms with Gasteiger partial charge < -0.3 is 18.9 Å². The SMILES string of the molecule is CCCCCCC/C=C\C/C=C\CCCCCCCCCCCC(=O)OC(COC(=O)CCCCCCCCCCCCCCCCCCCCCCCCC)COP(=O)(O)OCC[N+](C)(C)C. The van der Waals surface area contributed by atoms with E-state index in [2.05, 4.69) is 38.2 Å². The number of hydrogen-bond acceptors (Lipinski definition) is 7. The van der Waals surface area contributed by atoms with E-state index in [1.54, 1.807) is 0 Å². The molecule has 0 aliphatic rings. The maximum Gasteiger partial charge on any atom is 0.472 e.